The Bertz CT molecular complexity index is 904. The van der Waals surface area contributed by atoms with E-state index in [-0.39, 0.29) is 24.9 Å². The first-order valence-electron chi connectivity index (χ1n) is 9.42. The second-order valence-corrected chi connectivity index (χ2v) is 7.04. The minimum Gasteiger partial charge on any atom is -0.493 e. The SMILES string of the molecule is COc1cc(/C=N\NC(=O)CN2CCOCC2)cc(Cl)c1OCc1cccc(F)c1. The summed E-state index contributed by atoms with van der Waals surface area (Å²) in [6.45, 7) is 3.10. The molecule has 0 saturated carbocycles. The molecule has 1 N–H and O–H groups in total. The van der Waals surface area contributed by atoms with E-state index in [2.05, 4.69) is 10.5 Å². The lowest BCUT2D eigenvalue weighted by atomic mass is 10.2. The van der Waals surface area contributed by atoms with Crippen LogP contribution in [0.3, 0.4) is 0 Å². The highest BCUT2D eigenvalue weighted by Gasteiger charge is 2.14. The van der Waals surface area contributed by atoms with E-state index in [1.807, 2.05) is 4.90 Å². The number of nitrogens with one attached hydrogen (secondary N) is 1. The van der Waals surface area contributed by atoms with Crippen molar-refractivity contribution in [1.29, 1.82) is 0 Å². The third-order valence-corrected chi connectivity index (χ3v) is 4.68. The molecule has 160 valence electrons. The van der Waals surface area contributed by atoms with Crippen molar-refractivity contribution in [2.24, 2.45) is 5.10 Å². The Morgan fingerprint density at radius 1 is 1.33 bits per heavy atom. The van der Waals surface area contributed by atoms with E-state index in [0.29, 0.717) is 40.9 Å². The number of hydrogen-bond donors (Lipinski definition) is 1. The molecule has 0 spiro atoms. The molecule has 0 bridgehead atoms. The maximum absolute atomic E-state index is 13.3. The van der Waals surface area contributed by atoms with E-state index >= 15 is 0 Å². The van der Waals surface area contributed by atoms with Crippen LogP contribution in [0.5, 0.6) is 11.5 Å². The second-order valence-electron chi connectivity index (χ2n) is 6.63. The third kappa shape index (κ3) is 6.41. The molecule has 0 unspecified atom stereocenters. The van der Waals surface area contributed by atoms with Crippen molar-refractivity contribution in [3.05, 3.63) is 58.4 Å². The van der Waals surface area contributed by atoms with Gasteiger partial charge in [-0.2, -0.15) is 5.10 Å². The third-order valence-electron chi connectivity index (χ3n) is 4.40. The van der Waals surface area contributed by atoms with Gasteiger partial charge >= 0.3 is 0 Å². The lowest BCUT2D eigenvalue weighted by Gasteiger charge is -2.25. The number of halogens is 2. The number of rotatable bonds is 8. The van der Waals surface area contributed by atoms with Gasteiger partial charge in [0.15, 0.2) is 11.5 Å². The molecule has 0 radical (unpaired) electrons. The molecule has 1 aliphatic heterocycles. The minimum atomic E-state index is -0.337. The number of nitrogens with zero attached hydrogens (tertiary/aromatic N) is 2. The normalized spacial score (nSPS) is 14.6. The topological polar surface area (TPSA) is 72.4 Å². The number of carbonyl (C=O) groups is 1. The van der Waals surface area contributed by atoms with Crippen molar-refractivity contribution in [3.63, 3.8) is 0 Å². The zero-order valence-electron chi connectivity index (χ0n) is 16.6. The average molecular weight is 436 g/mol. The molecular formula is C21H23ClFN3O4. The van der Waals surface area contributed by atoms with Crippen LogP contribution in [0, 0.1) is 5.82 Å². The number of hydrazone groups is 1. The molecule has 2 aromatic rings. The molecule has 0 aromatic heterocycles. The first-order chi connectivity index (χ1) is 14.5. The number of ether oxygens (including phenoxy) is 3. The summed E-state index contributed by atoms with van der Waals surface area (Å²) in [6, 6.07) is 9.45. The molecule has 7 nitrogen and oxygen atoms in total. The van der Waals surface area contributed by atoms with Crippen LogP contribution in [0.25, 0.3) is 0 Å². The van der Waals surface area contributed by atoms with Gasteiger partial charge in [-0.15, -0.1) is 0 Å². The summed E-state index contributed by atoms with van der Waals surface area (Å²) in [7, 11) is 1.49. The van der Waals surface area contributed by atoms with E-state index in [9.17, 15) is 9.18 Å². The summed E-state index contributed by atoms with van der Waals surface area (Å²) in [5.41, 5.74) is 3.79. The standard InChI is InChI=1S/C21H23ClFN3O4/c1-28-19-11-16(12-24-25-20(27)13-26-5-7-29-8-6-26)10-18(22)21(19)30-14-15-3-2-4-17(23)9-15/h2-4,9-12H,5-8,13-14H2,1H3,(H,25,27)/b24-12-. The Hall–Kier alpha value is -2.68. The number of carbonyl (C=O) groups excluding carboxylic acids is 1. The summed E-state index contributed by atoms with van der Waals surface area (Å²) >= 11 is 6.33. The molecule has 0 atom stereocenters. The fourth-order valence-electron chi connectivity index (χ4n) is 2.91. The summed E-state index contributed by atoms with van der Waals surface area (Å²) in [5, 5.41) is 4.29. The van der Waals surface area contributed by atoms with Gasteiger partial charge < -0.3 is 14.2 Å². The fourth-order valence-corrected chi connectivity index (χ4v) is 3.19. The Labute approximate surface area is 179 Å². The predicted octanol–water partition coefficient (Wildman–Crippen LogP) is 2.85. The Morgan fingerprint density at radius 2 is 2.13 bits per heavy atom. The number of morpholine rings is 1. The largest absolute Gasteiger partial charge is 0.493 e. The van der Waals surface area contributed by atoms with Gasteiger partial charge in [0.2, 0.25) is 0 Å². The van der Waals surface area contributed by atoms with Crippen molar-refractivity contribution in [3.8, 4) is 11.5 Å². The summed E-state index contributed by atoms with van der Waals surface area (Å²) in [6.07, 6.45) is 1.47. The first kappa shape index (κ1) is 22.0. The van der Waals surface area contributed by atoms with Crippen LogP contribution in [0.2, 0.25) is 5.02 Å². The zero-order chi connectivity index (χ0) is 21.3. The lowest BCUT2D eigenvalue weighted by molar-refractivity contribution is -0.123. The molecule has 9 heteroatoms. The van der Waals surface area contributed by atoms with Crippen molar-refractivity contribution in [1.82, 2.24) is 10.3 Å². The first-order valence-corrected chi connectivity index (χ1v) is 9.79. The average Bonchev–Trinajstić information content (AvgIpc) is 2.73. The molecule has 2 aromatic carbocycles. The summed E-state index contributed by atoms with van der Waals surface area (Å²) < 4.78 is 29.7. The highest BCUT2D eigenvalue weighted by Crippen LogP contribution is 2.36. The van der Waals surface area contributed by atoms with Gasteiger partial charge in [-0.25, -0.2) is 9.82 Å². The van der Waals surface area contributed by atoms with E-state index in [1.165, 1.54) is 25.5 Å². The van der Waals surface area contributed by atoms with Gasteiger partial charge in [0.1, 0.15) is 12.4 Å². The quantitative estimate of drug-likeness (QED) is 0.510. The molecule has 1 fully saturated rings. The van der Waals surface area contributed by atoms with Crippen molar-refractivity contribution >= 4 is 23.7 Å². The monoisotopic (exact) mass is 435 g/mol. The molecule has 1 heterocycles. The number of methoxy groups -OCH3 is 1. The van der Waals surface area contributed by atoms with Crippen LogP contribution in [-0.4, -0.2) is 57.0 Å². The Morgan fingerprint density at radius 3 is 2.87 bits per heavy atom. The van der Waals surface area contributed by atoms with Crippen LogP contribution < -0.4 is 14.9 Å². The fraction of sp³-hybridized carbons (Fsp3) is 0.333. The Kier molecular flexibility index (Phi) is 8.01. The lowest BCUT2D eigenvalue weighted by Crippen LogP contribution is -2.42. The number of amides is 1. The van der Waals surface area contributed by atoms with Crippen molar-refractivity contribution < 1.29 is 23.4 Å². The molecular weight excluding hydrogens is 413 g/mol. The molecule has 1 aliphatic rings. The van der Waals surface area contributed by atoms with Gasteiger partial charge in [-0.05, 0) is 35.4 Å². The minimum absolute atomic E-state index is 0.138. The smallest absolute Gasteiger partial charge is 0.254 e. The maximum Gasteiger partial charge on any atom is 0.254 e. The van der Waals surface area contributed by atoms with Gasteiger partial charge in [-0.1, -0.05) is 23.7 Å². The van der Waals surface area contributed by atoms with Crippen LogP contribution in [0.4, 0.5) is 4.39 Å². The molecule has 30 heavy (non-hydrogen) atoms. The van der Waals surface area contributed by atoms with Gasteiger partial charge in [-0.3, -0.25) is 9.69 Å². The highest BCUT2D eigenvalue weighted by atomic mass is 35.5. The van der Waals surface area contributed by atoms with Gasteiger partial charge in [0.05, 0.1) is 38.1 Å². The van der Waals surface area contributed by atoms with Crippen LogP contribution in [-0.2, 0) is 16.1 Å². The predicted molar refractivity (Wildman–Crippen MR) is 112 cm³/mol. The molecule has 3 rings (SSSR count). The highest BCUT2D eigenvalue weighted by molar-refractivity contribution is 6.32. The van der Waals surface area contributed by atoms with Crippen molar-refractivity contribution in [2.45, 2.75) is 6.61 Å². The van der Waals surface area contributed by atoms with Gasteiger partial charge in [0.25, 0.3) is 5.91 Å². The second kappa shape index (κ2) is 10.9. The number of hydrogen-bond acceptors (Lipinski definition) is 6. The molecule has 1 amide bonds. The summed E-state index contributed by atoms with van der Waals surface area (Å²) in [4.78, 5) is 14.0. The Balaban J connectivity index is 1.59. The van der Waals surface area contributed by atoms with Crippen LogP contribution in [0.15, 0.2) is 41.5 Å². The van der Waals surface area contributed by atoms with E-state index in [1.54, 1.807) is 24.3 Å². The van der Waals surface area contributed by atoms with E-state index < -0.39 is 0 Å². The van der Waals surface area contributed by atoms with Crippen LogP contribution in [0.1, 0.15) is 11.1 Å². The van der Waals surface area contributed by atoms with Crippen LogP contribution >= 0.6 is 11.6 Å². The summed E-state index contributed by atoms with van der Waals surface area (Å²) in [5.74, 6) is 0.203. The number of benzene rings is 2. The van der Waals surface area contributed by atoms with E-state index in [4.69, 9.17) is 25.8 Å². The molecule has 1 saturated heterocycles. The maximum atomic E-state index is 13.3. The molecule has 0 aliphatic carbocycles. The van der Waals surface area contributed by atoms with Crippen molar-refractivity contribution in [2.75, 3.05) is 40.0 Å². The zero-order valence-corrected chi connectivity index (χ0v) is 17.3. The van der Waals surface area contributed by atoms with E-state index in [0.717, 1.165) is 13.1 Å². The van der Waals surface area contributed by atoms with Gasteiger partial charge in [0, 0.05) is 13.1 Å².